The number of carbonyl (C=O) groups excluding carboxylic acids is 1. The first-order chi connectivity index (χ1) is 9.88. The van der Waals surface area contributed by atoms with Crippen LogP contribution in [0.4, 0.5) is 14.5 Å². The second kappa shape index (κ2) is 6.10. The van der Waals surface area contributed by atoms with E-state index < -0.39 is 23.6 Å². The Bertz CT molecular complexity index is 691. The fourth-order valence-electron chi connectivity index (χ4n) is 1.98. The molecule has 2 aromatic carbocycles. The molecule has 1 amide bonds. The average molecular weight is 311 g/mol. The number of rotatable bonds is 4. The van der Waals surface area contributed by atoms with Crippen LogP contribution in [0.15, 0.2) is 36.4 Å². The SMILES string of the molecule is CC(Nc1ccc(Cl)c(C(N)=O)c1)c1cc(F)ccc1F. The van der Waals surface area contributed by atoms with Gasteiger partial charge in [-0.15, -0.1) is 0 Å². The van der Waals surface area contributed by atoms with E-state index in [-0.39, 0.29) is 16.1 Å². The van der Waals surface area contributed by atoms with Gasteiger partial charge in [0.25, 0.3) is 0 Å². The molecule has 0 aliphatic rings. The summed E-state index contributed by atoms with van der Waals surface area (Å²) in [4.78, 5) is 11.2. The number of hydrogen-bond donors (Lipinski definition) is 2. The van der Waals surface area contributed by atoms with E-state index in [1.54, 1.807) is 13.0 Å². The van der Waals surface area contributed by atoms with Gasteiger partial charge in [-0.25, -0.2) is 8.78 Å². The Morgan fingerprint density at radius 2 is 1.95 bits per heavy atom. The lowest BCUT2D eigenvalue weighted by Crippen LogP contribution is -2.13. The molecular weight excluding hydrogens is 298 g/mol. The molecule has 21 heavy (non-hydrogen) atoms. The normalized spacial score (nSPS) is 12.0. The first kappa shape index (κ1) is 15.3. The second-order valence-corrected chi connectivity index (χ2v) is 5.00. The second-order valence-electron chi connectivity index (χ2n) is 4.59. The molecule has 110 valence electrons. The summed E-state index contributed by atoms with van der Waals surface area (Å²) in [5.41, 5.74) is 6.09. The van der Waals surface area contributed by atoms with Crippen LogP contribution < -0.4 is 11.1 Å². The lowest BCUT2D eigenvalue weighted by Gasteiger charge is -2.17. The third-order valence-corrected chi connectivity index (χ3v) is 3.37. The van der Waals surface area contributed by atoms with E-state index in [1.165, 1.54) is 12.1 Å². The van der Waals surface area contributed by atoms with Gasteiger partial charge in [-0.05, 0) is 43.3 Å². The molecule has 3 nitrogen and oxygen atoms in total. The van der Waals surface area contributed by atoms with Crippen LogP contribution in [0.2, 0.25) is 5.02 Å². The molecular formula is C15H13ClF2N2O. The number of nitrogens with two attached hydrogens (primary N) is 1. The summed E-state index contributed by atoms with van der Waals surface area (Å²) in [5.74, 6) is -1.69. The van der Waals surface area contributed by atoms with Crippen molar-refractivity contribution in [1.29, 1.82) is 0 Å². The van der Waals surface area contributed by atoms with Crippen LogP contribution in [-0.4, -0.2) is 5.91 Å². The zero-order chi connectivity index (χ0) is 15.6. The van der Waals surface area contributed by atoms with Gasteiger partial charge in [0, 0.05) is 11.3 Å². The van der Waals surface area contributed by atoms with E-state index in [2.05, 4.69) is 5.32 Å². The molecule has 0 bridgehead atoms. The number of nitrogens with one attached hydrogen (secondary N) is 1. The van der Waals surface area contributed by atoms with E-state index in [9.17, 15) is 13.6 Å². The number of benzene rings is 2. The third kappa shape index (κ3) is 3.49. The van der Waals surface area contributed by atoms with Crippen molar-refractivity contribution in [2.75, 3.05) is 5.32 Å². The van der Waals surface area contributed by atoms with Crippen molar-refractivity contribution in [2.24, 2.45) is 5.73 Å². The summed E-state index contributed by atoms with van der Waals surface area (Å²) >= 11 is 5.85. The van der Waals surface area contributed by atoms with Crippen LogP contribution in [0.3, 0.4) is 0 Å². The highest BCUT2D eigenvalue weighted by Crippen LogP contribution is 2.25. The molecule has 0 aromatic heterocycles. The molecule has 1 unspecified atom stereocenters. The molecule has 6 heteroatoms. The van der Waals surface area contributed by atoms with E-state index in [4.69, 9.17) is 17.3 Å². The summed E-state index contributed by atoms with van der Waals surface area (Å²) < 4.78 is 26.9. The maximum Gasteiger partial charge on any atom is 0.250 e. The Kier molecular flexibility index (Phi) is 4.43. The zero-order valence-electron chi connectivity index (χ0n) is 11.2. The van der Waals surface area contributed by atoms with E-state index >= 15 is 0 Å². The quantitative estimate of drug-likeness (QED) is 0.900. The largest absolute Gasteiger partial charge is 0.378 e. The molecule has 1 atom stereocenters. The molecule has 2 aromatic rings. The molecule has 0 fully saturated rings. The maximum atomic E-state index is 13.7. The standard InChI is InChI=1S/C15H13ClF2N2O/c1-8(11-6-9(17)2-5-14(11)18)20-10-3-4-13(16)12(7-10)15(19)21/h2-8,20H,1H3,(H2,19,21). The van der Waals surface area contributed by atoms with Gasteiger partial charge in [0.1, 0.15) is 11.6 Å². The van der Waals surface area contributed by atoms with Crippen molar-refractivity contribution in [1.82, 2.24) is 0 Å². The minimum atomic E-state index is -0.659. The van der Waals surface area contributed by atoms with Gasteiger partial charge < -0.3 is 11.1 Å². The van der Waals surface area contributed by atoms with Crippen molar-refractivity contribution < 1.29 is 13.6 Å². The topological polar surface area (TPSA) is 55.1 Å². The number of anilines is 1. The highest BCUT2D eigenvalue weighted by atomic mass is 35.5. The fourth-order valence-corrected chi connectivity index (χ4v) is 2.19. The summed E-state index contributed by atoms with van der Waals surface area (Å²) in [5, 5.41) is 3.21. The molecule has 2 rings (SSSR count). The van der Waals surface area contributed by atoms with Gasteiger partial charge in [0.05, 0.1) is 16.6 Å². The van der Waals surface area contributed by atoms with Gasteiger partial charge in [-0.1, -0.05) is 11.6 Å². The Morgan fingerprint density at radius 3 is 2.62 bits per heavy atom. The maximum absolute atomic E-state index is 13.7. The number of carbonyl (C=O) groups is 1. The third-order valence-electron chi connectivity index (χ3n) is 3.04. The minimum Gasteiger partial charge on any atom is -0.378 e. The fraction of sp³-hybridized carbons (Fsp3) is 0.133. The van der Waals surface area contributed by atoms with Gasteiger partial charge in [-0.3, -0.25) is 4.79 Å². The van der Waals surface area contributed by atoms with Crippen LogP contribution in [0, 0.1) is 11.6 Å². The zero-order valence-corrected chi connectivity index (χ0v) is 11.9. The number of hydrogen-bond acceptors (Lipinski definition) is 2. The summed E-state index contributed by atoms with van der Waals surface area (Å²) in [7, 11) is 0. The Labute approximate surface area is 125 Å². The Hall–Kier alpha value is -2.14. The van der Waals surface area contributed by atoms with Crippen molar-refractivity contribution in [3.63, 3.8) is 0 Å². The first-order valence-electron chi connectivity index (χ1n) is 6.19. The highest BCUT2D eigenvalue weighted by molar-refractivity contribution is 6.33. The van der Waals surface area contributed by atoms with Crippen molar-refractivity contribution in [3.8, 4) is 0 Å². The van der Waals surface area contributed by atoms with Crippen LogP contribution >= 0.6 is 11.6 Å². The van der Waals surface area contributed by atoms with Crippen LogP contribution in [0.25, 0.3) is 0 Å². The monoisotopic (exact) mass is 310 g/mol. The average Bonchev–Trinajstić information content (AvgIpc) is 2.43. The lowest BCUT2D eigenvalue weighted by molar-refractivity contribution is 0.100. The number of amides is 1. The van der Waals surface area contributed by atoms with Crippen LogP contribution in [0.5, 0.6) is 0 Å². The predicted molar refractivity (Wildman–Crippen MR) is 78.4 cm³/mol. The molecule has 3 N–H and O–H groups in total. The minimum absolute atomic E-state index is 0.161. The molecule has 0 spiro atoms. The first-order valence-corrected chi connectivity index (χ1v) is 6.57. The summed E-state index contributed by atoms with van der Waals surface area (Å²) in [6.45, 7) is 1.68. The van der Waals surface area contributed by atoms with E-state index in [0.29, 0.717) is 5.69 Å². The summed E-state index contributed by atoms with van der Waals surface area (Å²) in [6.07, 6.45) is 0. The molecule has 0 aliphatic heterocycles. The van der Waals surface area contributed by atoms with E-state index in [1.807, 2.05) is 0 Å². The Morgan fingerprint density at radius 1 is 1.24 bits per heavy atom. The van der Waals surface area contributed by atoms with Crippen molar-refractivity contribution >= 4 is 23.2 Å². The number of halogens is 3. The molecule has 0 saturated carbocycles. The lowest BCUT2D eigenvalue weighted by atomic mass is 10.1. The molecule has 0 aliphatic carbocycles. The van der Waals surface area contributed by atoms with Gasteiger partial charge in [-0.2, -0.15) is 0 Å². The van der Waals surface area contributed by atoms with Crippen molar-refractivity contribution in [2.45, 2.75) is 13.0 Å². The van der Waals surface area contributed by atoms with Crippen LogP contribution in [-0.2, 0) is 0 Å². The van der Waals surface area contributed by atoms with E-state index in [0.717, 1.165) is 18.2 Å². The molecule has 0 radical (unpaired) electrons. The molecule has 0 saturated heterocycles. The Balaban J connectivity index is 2.27. The van der Waals surface area contributed by atoms with Gasteiger partial charge in [0.15, 0.2) is 0 Å². The number of primary amides is 1. The molecule has 0 heterocycles. The van der Waals surface area contributed by atoms with Crippen molar-refractivity contribution in [3.05, 3.63) is 64.2 Å². The van der Waals surface area contributed by atoms with Crippen LogP contribution in [0.1, 0.15) is 28.9 Å². The predicted octanol–water partition coefficient (Wildman–Crippen LogP) is 3.89. The van der Waals surface area contributed by atoms with Gasteiger partial charge in [0.2, 0.25) is 5.91 Å². The summed E-state index contributed by atoms with van der Waals surface area (Å²) in [6, 6.07) is 7.36. The van der Waals surface area contributed by atoms with Gasteiger partial charge >= 0.3 is 0 Å². The smallest absolute Gasteiger partial charge is 0.250 e. The highest BCUT2D eigenvalue weighted by Gasteiger charge is 2.13.